The van der Waals surface area contributed by atoms with Gasteiger partial charge in [0.15, 0.2) is 5.82 Å². The van der Waals surface area contributed by atoms with Crippen molar-refractivity contribution in [3.05, 3.63) is 53.0 Å². The number of anilines is 1. The molecule has 0 bridgehead atoms. The highest BCUT2D eigenvalue weighted by Gasteiger charge is 2.31. The van der Waals surface area contributed by atoms with Gasteiger partial charge in [0.1, 0.15) is 17.0 Å². The van der Waals surface area contributed by atoms with Crippen LogP contribution in [-0.4, -0.2) is 82.6 Å². The molecule has 3 fully saturated rings. The topological polar surface area (TPSA) is 74.7 Å². The number of ether oxygens (including phenoxy) is 1. The minimum absolute atomic E-state index is 0.0192. The lowest BCUT2D eigenvalue weighted by Crippen LogP contribution is -2.51. The number of carbonyl (C=O) groups is 1. The fourth-order valence-electron chi connectivity index (χ4n) is 5.78. The average Bonchev–Trinajstić information content (AvgIpc) is 3.77. The number of amides is 1. The first-order valence-electron chi connectivity index (χ1n) is 14.0. The van der Waals surface area contributed by atoms with E-state index in [1.165, 1.54) is 7.11 Å². The number of hydrogen-bond acceptors (Lipinski definition) is 7. The van der Waals surface area contributed by atoms with Crippen molar-refractivity contribution in [3.63, 3.8) is 0 Å². The largest absolute Gasteiger partial charge is 0.467 e. The van der Waals surface area contributed by atoms with Gasteiger partial charge in [0.25, 0.3) is 0 Å². The highest BCUT2D eigenvalue weighted by atomic mass is 35.5. The van der Waals surface area contributed by atoms with Gasteiger partial charge in [-0.15, -0.1) is 0 Å². The van der Waals surface area contributed by atoms with E-state index in [0.717, 1.165) is 31.4 Å². The second kappa shape index (κ2) is 10.9. The molecule has 3 aromatic rings. The molecule has 1 saturated carbocycles. The lowest BCUT2D eigenvalue weighted by molar-refractivity contribution is -0.126. The molecule has 2 aliphatic heterocycles. The zero-order chi connectivity index (χ0) is 28.0. The molecule has 3 aliphatic rings. The number of hydrogen-bond donors (Lipinski definition) is 0. The van der Waals surface area contributed by atoms with Crippen LogP contribution in [0, 0.1) is 5.82 Å². The number of halogens is 2. The van der Waals surface area contributed by atoms with Crippen molar-refractivity contribution < 1.29 is 13.9 Å². The number of nitrogens with zero attached hydrogens (tertiary/aromatic N) is 6. The number of fused-ring (bicyclic) bond motifs is 1. The molecular formula is C30H34ClFN6O2. The Morgan fingerprint density at radius 2 is 1.90 bits per heavy atom. The molecule has 2 aromatic heterocycles. The van der Waals surface area contributed by atoms with Crippen LogP contribution >= 0.6 is 11.6 Å². The molecule has 210 valence electrons. The maximum absolute atomic E-state index is 16.1. The summed E-state index contributed by atoms with van der Waals surface area (Å²) in [4.78, 5) is 32.7. The van der Waals surface area contributed by atoms with Crippen molar-refractivity contribution in [2.24, 2.45) is 0 Å². The fraction of sp³-hybridized carbons (Fsp3) is 0.467. The molecule has 10 heteroatoms. The molecule has 1 aromatic carbocycles. The van der Waals surface area contributed by atoms with Crippen LogP contribution in [0.15, 0.2) is 36.5 Å². The summed E-state index contributed by atoms with van der Waals surface area (Å²) < 4.78 is 21.5. The molecule has 0 radical (unpaired) electrons. The van der Waals surface area contributed by atoms with Crippen molar-refractivity contribution >= 4 is 34.2 Å². The Hall–Kier alpha value is -3.30. The summed E-state index contributed by atoms with van der Waals surface area (Å²) in [6.45, 7) is 7.62. The second-order valence-electron chi connectivity index (χ2n) is 11.1. The molecule has 1 aliphatic carbocycles. The lowest BCUT2D eigenvalue weighted by Gasteiger charge is -2.42. The predicted octanol–water partition coefficient (Wildman–Crippen LogP) is 5.06. The zero-order valence-electron chi connectivity index (χ0n) is 23.1. The summed E-state index contributed by atoms with van der Waals surface area (Å²) in [6, 6.07) is 6.43. The van der Waals surface area contributed by atoms with Crippen molar-refractivity contribution in [3.8, 4) is 17.3 Å². The molecule has 40 heavy (non-hydrogen) atoms. The summed E-state index contributed by atoms with van der Waals surface area (Å²) in [5, 5.41) is 1.14. The van der Waals surface area contributed by atoms with E-state index in [4.69, 9.17) is 16.3 Å². The molecule has 8 nitrogen and oxygen atoms in total. The van der Waals surface area contributed by atoms with E-state index in [1.807, 2.05) is 34.1 Å². The summed E-state index contributed by atoms with van der Waals surface area (Å²) in [6.07, 6.45) is 8.54. The van der Waals surface area contributed by atoms with Gasteiger partial charge in [-0.1, -0.05) is 29.8 Å². The zero-order valence-corrected chi connectivity index (χ0v) is 23.9. The number of aromatic nitrogens is 3. The van der Waals surface area contributed by atoms with Crippen molar-refractivity contribution in [1.82, 2.24) is 24.8 Å². The highest BCUT2D eigenvalue weighted by Crippen LogP contribution is 2.48. The van der Waals surface area contributed by atoms with Gasteiger partial charge in [-0.25, -0.2) is 4.39 Å². The molecule has 1 amide bonds. The van der Waals surface area contributed by atoms with E-state index >= 15 is 4.39 Å². The van der Waals surface area contributed by atoms with Gasteiger partial charge in [-0.3, -0.25) is 14.7 Å². The molecular weight excluding hydrogens is 531 g/mol. The van der Waals surface area contributed by atoms with E-state index in [2.05, 4.69) is 33.7 Å². The highest BCUT2D eigenvalue weighted by molar-refractivity contribution is 6.32. The fourth-order valence-corrected chi connectivity index (χ4v) is 6.11. The van der Waals surface area contributed by atoms with Crippen LogP contribution in [0.3, 0.4) is 0 Å². The van der Waals surface area contributed by atoms with Gasteiger partial charge in [-0.2, -0.15) is 9.97 Å². The van der Waals surface area contributed by atoms with Crippen molar-refractivity contribution in [1.29, 1.82) is 0 Å². The number of rotatable bonds is 7. The normalized spacial score (nSPS) is 20.0. The minimum atomic E-state index is -0.519. The van der Waals surface area contributed by atoms with Crippen molar-refractivity contribution in [2.75, 3.05) is 44.7 Å². The van der Waals surface area contributed by atoms with E-state index < -0.39 is 5.82 Å². The summed E-state index contributed by atoms with van der Waals surface area (Å²) >= 11 is 6.52. The summed E-state index contributed by atoms with van der Waals surface area (Å²) in [7, 11) is 1.47. The van der Waals surface area contributed by atoms with Gasteiger partial charge in [0, 0.05) is 67.7 Å². The van der Waals surface area contributed by atoms with Gasteiger partial charge in [0.2, 0.25) is 5.91 Å². The van der Waals surface area contributed by atoms with E-state index in [9.17, 15) is 4.79 Å². The average molecular weight is 565 g/mol. The SMILES string of the molecule is COc1nc(N2CCN(C(=O)/C=C/C3CCN3C(C)C)CC2)c2cnc(-c3cccc(Cl)c3C3CC3)c(F)c2n1. The summed E-state index contributed by atoms with van der Waals surface area (Å²) in [5.41, 5.74) is 2.03. The van der Waals surface area contributed by atoms with Crippen molar-refractivity contribution in [2.45, 2.75) is 51.1 Å². The van der Waals surface area contributed by atoms with Crippen LogP contribution in [0.4, 0.5) is 10.2 Å². The molecule has 4 heterocycles. The first-order valence-corrected chi connectivity index (χ1v) is 14.4. The Morgan fingerprint density at radius 3 is 2.55 bits per heavy atom. The van der Waals surface area contributed by atoms with Crippen LogP contribution in [0.1, 0.15) is 44.6 Å². The smallest absolute Gasteiger partial charge is 0.318 e. The third-order valence-electron chi connectivity index (χ3n) is 8.24. The minimum Gasteiger partial charge on any atom is -0.467 e. The Kier molecular flexibility index (Phi) is 7.35. The summed E-state index contributed by atoms with van der Waals surface area (Å²) in [5.74, 6) is 0.380. The van der Waals surface area contributed by atoms with E-state index in [1.54, 1.807) is 12.3 Å². The van der Waals surface area contributed by atoms with E-state index in [-0.39, 0.29) is 23.1 Å². The Morgan fingerprint density at radius 1 is 1.12 bits per heavy atom. The van der Waals surface area contributed by atoms with Crippen LogP contribution < -0.4 is 9.64 Å². The number of benzene rings is 1. The standard InChI is InChI=1S/C30H34ClFN6O2/c1-18(2)38-12-11-20(38)9-10-24(39)36-13-15-37(16-14-36)29-22-17-33-27(26(32)28(22)34-30(35-29)40-3)21-5-4-6-23(31)25(21)19-7-8-19/h4-6,9-10,17-20H,7-8,11-16H2,1-3H3/b10-9+. The van der Waals surface area contributed by atoms with Crippen LogP contribution in [0.2, 0.25) is 5.02 Å². The Balaban J connectivity index is 1.24. The molecule has 1 atom stereocenters. The van der Waals surface area contributed by atoms with Gasteiger partial charge < -0.3 is 14.5 Å². The number of pyridine rings is 1. The van der Waals surface area contributed by atoms with Crippen LogP contribution in [0.5, 0.6) is 6.01 Å². The predicted molar refractivity (Wildman–Crippen MR) is 154 cm³/mol. The van der Waals surface area contributed by atoms with Crippen LogP contribution in [0.25, 0.3) is 22.2 Å². The Bertz CT molecular complexity index is 1470. The van der Waals surface area contributed by atoms with E-state index in [0.29, 0.717) is 66.0 Å². The monoisotopic (exact) mass is 564 g/mol. The quantitative estimate of drug-likeness (QED) is 0.371. The Labute approximate surface area is 238 Å². The molecule has 1 unspecified atom stereocenters. The van der Waals surface area contributed by atoms with Gasteiger partial charge in [0.05, 0.1) is 12.5 Å². The van der Waals surface area contributed by atoms with Crippen LogP contribution in [-0.2, 0) is 4.79 Å². The third-order valence-corrected chi connectivity index (χ3v) is 8.57. The van der Waals surface area contributed by atoms with Gasteiger partial charge in [-0.05, 0) is 50.7 Å². The van der Waals surface area contributed by atoms with Gasteiger partial charge >= 0.3 is 6.01 Å². The number of piperazine rings is 1. The molecule has 2 saturated heterocycles. The number of carbonyl (C=O) groups excluding carboxylic acids is 1. The first-order chi connectivity index (χ1) is 19.4. The first kappa shape index (κ1) is 26.9. The molecule has 0 N–H and O–H groups in total. The molecule has 0 spiro atoms. The third kappa shape index (κ3) is 5.01. The lowest BCUT2D eigenvalue weighted by atomic mass is 9.99. The molecule has 6 rings (SSSR count). The maximum atomic E-state index is 16.1. The maximum Gasteiger partial charge on any atom is 0.318 e. The number of likely N-dealkylation sites (tertiary alicyclic amines) is 1. The second-order valence-corrected chi connectivity index (χ2v) is 11.5. The number of methoxy groups -OCH3 is 1.